The second-order valence-electron chi connectivity index (χ2n) is 6.56. The molecule has 0 saturated heterocycles. The maximum atomic E-state index is 12.7. The largest absolute Gasteiger partial charge is 0.335 e. The summed E-state index contributed by atoms with van der Waals surface area (Å²) in [7, 11) is 0. The van der Waals surface area contributed by atoms with E-state index in [1.165, 1.54) is 11.1 Å². The van der Waals surface area contributed by atoms with Crippen molar-refractivity contribution in [3.63, 3.8) is 0 Å². The summed E-state index contributed by atoms with van der Waals surface area (Å²) in [4.78, 5) is 14.6. The average Bonchev–Trinajstić information content (AvgIpc) is 2.58. The Bertz CT molecular complexity index is 652. The molecule has 0 spiro atoms. The SMILES string of the molecule is Cc1ccccc1C(C)NCC(=O)N(Cc1ccccc1)C(C)C. The molecule has 24 heavy (non-hydrogen) atoms. The fourth-order valence-corrected chi connectivity index (χ4v) is 2.86. The zero-order valence-electron chi connectivity index (χ0n) is 15.1. The molecule has 2 aromatic rings. The molecule has 0 aromatic heterocycles. The predicted octanol–water partition coefficient (Wildman–Crippen LogP) is 4.08. The van der Waals surface area contributed by atoms with Gasteiger partial charge >= 0.3 is 0 Å². The molecule has 2 aromatic carbocycles. The summed E-state index contributed by atoms with van der Waals surface area (Å²) in [6.45, 7) is 9.33. The van der Waals surface area contributed by atoms with E-state index < -0.39 is 0 Å². The van der Waals surface area contributed by atoms with Crippen LogP contribution in [0.25, 0.3) is 0 Å². The number of hydrogen-bond donors (Lipinski definition) is 1. The van der Waals surface area contributed by atoms with Gasteiger partial charge in [-0.05, 0) is 44.4 Å². The van der Waals surface area contributed by atoms with Gasteiger partial charge in [0, 0.05) is 18.6 Å². The molecule has 128 valence electrons. The zero-order chi connectivity index (χ0) is 17.5. The molecule has 0 aliphatic carbocycles. The third-order valence-corrected chi connectivity index (χ3v) is 4.35. The predicted molar refractivity (Wildman–Crippen MR) is 99.7 cm³/mol. The highest BCUT2D eigenvalue weighted by molar-refractivity contribution is 5.78. The van der Waals surface area contributed by atoms with Gasteiger partial charge in [-0.2, -0.15) is 0 Å². The van der Waals surface area contributed by atoms with E-state index in [0.29, 0.717) is 13.1 Å². The Balaban J connectivity index is 1.97. The van der Waals surface area contributed by atoms with Crippen molar-refractivity contribution < 1.29 is 4.79 Å². The highest BCUT2D eigenvalue weighted by Crippen LogP contribution is 2.16. The Labute approximate surface area is 145 Å². The Hall–Kier alpha value is -2.13. The molecule has 0 aliphatic heterocycles. The highest BCUT2D eigenvalue weighted by atomic mass is 16.2. The molecule has 1 amide bonds. The maximum absolute atomic E-state index is 12.7. The van der Waals surface area contributed by atoms with Crippen LogP contribution in [-0.4, -0.2) is 23.4 Å². The van der Waals surface area contributed by atoms with Crippen LogP contribution in [0.2, 0.25) is 0 Å². The monoisotopic (exact) mass is 324 g/mol. The molecule has 0 saturated carbocycles. The molecule has 3 heteroatoms. The van der Waals surface area contributed by atoms with Gasteiger partial charge in [0.15, 0.2) is 0 Å². The van der Waals surface area contributed by atoms with E-state index in [9.17, 15) is 4.79 Å². The van der Waals surface area contributed by atoms with Gasteiger partial charge in [-0.25, -0.2) is 0 Å². The van der Waals surface area contributed by atoms with Crippen molar-refractivity contribution in [1.29, 1.82) is 0 Å². The van der Waals surface area contributed by atoms with E-state index in [4.69, 9.17) is 0 Å². The van der Waals surface area contributed by atoms with E-state index in [0.717, 1.165) is 5.56 Å². The van der Waals surface area contributed by atoms with E-state index in [2.05, 4.69) is 57.3 Å². The lowest BCUT2D eigenvalue weighted by molar-refractivity contribution is -0.132. The Morgan fingerprint density at radius 2 is 1.62 bits per heavy atom. The lowest BCUT2D eigenvalue weighted by Gasteiger charge is -2.28. The van der Waals surface area contributed by atoms with Gasteiger partial charge in [-0.15, -0.1) is 0 Å². The number of aryl methyl sites for hydroxylation is 1. The molecule has 2 rings (SSSR count). The molecule has 3 nitrogen and oxygen atoms in total. The fourth-order valence-electron chi connectivity index (χ4n) is 2.86. The minimum Gasteiger partial charge on any atom is -0.335 e. The summed E-state index contributed by atoms with van der Waals surface area (Å²) >= 11 is 0. The van der Waals surface area contributed by atoms with Gasteiger partial charge in [-0.3, -0.25) is 4.79 Å². The highest BCUT2D eigenvalue weighted by Gasteiger charge is 2.18. The van der Waals surface area contributed by atoms with Gasteiger partial charge in [0.25, 0.3) is 0 Å². The molecule has 1 unspecified atom stereocenters. The second kappa shape index (κ2) is 8.65. The van der Waals surface area contributed by atoms with Gasteiger partial charge in [0.2, 0.25) is 5.91 Å². The first kappa shape index (κ1) is 18.2. The number of rotatable bonds is 7. The van der Waals surface area contributed by atoms with Crippen LogP contribution in [0.1, 0.15) is 43.5 Å². The summed E-state index contributed by atoms with van der Waals surface area (Å²) in [5, 5.41) is 3.37. The minimum atomic E-state index is 0.134. The standard InChI is InChI=1S/C21H28N2O/c1-16(2)23(15-19-11-6-5-7-12-19)21(24)14-22-18(4)20-13-9-8-10-17(20)3/h5-13,16,18,22H,14-15H2,1-4H3. The fraction of sp³-hybridized carbons (Fsp3) is 0.381. The van der Waals surface area contributed by atoms with Crippen LogP contribution in [0.4, 0.5) is 0 Å². The quantitative estimate of drug-likeness (QED) is 0.832. The van der Waals surface area contributed by atoms with Crippen LogP contribution in [0.15, 0.2) is 54.6 Å². The molecular weight excluding hydrogens is 296 g/mol. The van der Waals surface area contributed by atoms with E-state index in [1.54, 1.807) is 0 Å². The van der Waals surface area contributed by atoms with Crippen molar-refractivity contribution >= 4 is 5.91 Å². The number of hydrogen-bond acceptors (Lipinski definition) is 2. The molecule has 1 N–H and O–H groups in total. The van der Waals surface area contributed by atoms with E-state index in [1.807, 2.05) is 35.2 Å². The first-order valence-electron chi connectivity index (χ1n) is 8.61. The average molecular weight is 324 g/mol. The number of carbonyl (C=O) groups is 1. The summed E-state index contributed by atoms with van der Waals surface area (Å²) < 4.78 is 0. The molecule has 1 atom stereocenters. The third kappa shape index (κ3) is 4.93. The van der Waals surface area contributed by atoms with E-state index >= 15 is 0 Å². The van der Waals surface area contributed by atoms with Crippen molar-refractivity contribution in [3.8, 4) is 0 Å². The second-order valence-corrected chi connectivity index (χ2v) is 6.56. The minimum absolute atomic E-state index is 0.134. The topological polar surface area (TPSA) is 32.3 Å². The summed E-state index contributed by atoms with van der Waals surface area (Å²) in [6.07, 6.45) is 0. The molecule has 0 fully saturated rings. The molecule has 0 aliphatic rings. The maximum Gasteiger partial charge on any atom is 0.237 e. The van der Waals surface area contributed by atoms with Crippen LogP contribution >= 0.6 is 0 Å². The number of amides is 1. The summed E-state index contributed by atoms with van der Waals surface area (Å²) in [5.74, 6) is 0.134. The van der Waals surface area contributed by atoms with Crippen LogP contribution in [0.5, 0.6) is 0 Å². The van der Waals surface area contributed by atoms with Crippen molar-refractivity contribution in [2.45, 2.75) is 46.3 Å². The molecule has 0 radical (unpaired) electrons. The first-order chi connectivity index (χ1) is 11.5. The molecular formula is C21H28N2O. The Morgan fingerprint density at radius 3 is 2.25 bits per heavy atom. The molecule has 0 heterocycles. The van der Waals surface area contributed by atoms with Gasteiger partial charge in [-0.1, -0.05) is 54.6 Å². The van der Waals surface area contributed by atoms with Crippen molar-refractivity contribution in [2.24, 2.45) is 0 Å². The van der Waals surface area contributed by atoms with Crippen LogP contribution in [0, 0.1) is 6.92 Å². The van der Waals surface area contributed by atoms with Gasteiger partial charge in [0.05, 0.1) is 6.54 Å². The Morgan fingerprint density at radius 1 is 1.00 bits per heavy atom. The summed E-state index contributed by atoms with van der Waals surface area (Å²) in [6, 6.07) is 18.8. The normalized spacial score (nSPS) is 12.2. The number of carbonyl (C=O) groups excluding carboxylic acids is 1. The van der Waals surface area contributed by atoms with Gasteiger partial charge < -0.3 is 10.2 Å². The van der Waals surface area contributed by atoms with Gasteiger partial charge in [0.1, 0.15) is 0 Å². The lowest BCUT2D eigenvalue weighted by Crippen LogP contribution is -2.42. The third-order valence-electron chi connectivity index (χ3n) is 4.35. The van der Waals surface area contributed by atoms with Crippen molar-refractivity contribution in [2.75, 3.05) is 6.54 Å². The lowest BCUT2D eigenvalue weighted by atomic mass is 10.0. The number of nitrogens with zero attached hydrogens (tertiary/aromatic N) is 1. The first-order valence-corrected chi connectivity index (χ1v) is 8.61. The van der Waals surface area contributed by atoms with Crippen LogP contribution in [-0.2, 0) is 11.3 Å². The zero-order valence-corrected chi connectivity index (χ0v) is 15.1. The van der Waals surface area contributed by atoms with Crippen molar-refractivity contribution in [3.05, 3.63) is 71.3 Å². The van der Waals surface area contributed by atoms with Crippen LogP contribution < -0.4 is 5.32 Å². The van der Waals surface area contributed by atoms with Crippen molar-refractivity contribution in [1.82, 2.24) is 10.2 Å². The Kier molecular flexibility index (Phi) is 6.56. The summed E-state index contributed by atoms with van der Waals surface area (Å²) in [5.41, 5.74) is 3.64. The number of nitrogens with one attached hydrogen (secondary N) is 1. The van der Waals surface area contributed by atoms with Crippen LogP contribution in [0.3, 0.4) is 0 Å². The van der Waals surface area contributed by atoms with E-state index in [-0.39, 0.29) is 18.0 Å². The smallest absolute Gasteiger partial charge is 0.237 e. The number of benzene rings is 2. The molecule has 0 bridgehead atoms.